The topological polar surface area (TPSA) is 84.4 Å². The number of nitrogens with one attached hydrogen (secondary N) is 1. The highest BCUT2D eigenvalue weighted by Crippen LogP contribution is 2.23. The molecule has 27 heavy (non-hydrogen) atoms. The second kappa shape index (κ2) is 8.50. The van der Waals surface area contributed by atoms with Crippen LogP contribution in [0.5, 0.6) is 5.75 Å². The van der Waals surface area contributed by atoms with Crippen LogP contribution in [0.2, 0.25) is 0 Å². The van der Waals surface area contributed by atoms with Gasteiger partial charge in [0.15, 0.2) is 0 Å². The number of hydrogen-bond donors (Lipinski definition) is 1. The predicted octanol–water partition coefficient (Wildman–Crippen LogP) is 2.79. The average Bonchev–Trinajstić information content (AvgIpc) is 2.72. The van der Waals surface area contributed by atoms with Crippen LogP contribution >= 0.6 is 0 Å². The molecule has 0 unspecified atom stereocenters. The molecule has 2 heterocycles. The Bertz CT molecular complexity index is 967. The van der Waals surface area contributed by atoms with E-state index in [0.717, 1.165) is 9.99 Å². The second-order valence-corrected chi connectivity index (χ2v) is 7.62. The first-order chi connectivity index (χ1) is 13.1. The van der Waals surface area contributed by atoms with Gasteiger partial charge in [-0.2, -0.15) is 0 Å². The third kappa shape index (κ3) is 4.73. The molecule has 1 aromatic carbocycles. The summed E-state index contributed by atoms with van der Waals surface area (Å²) in [5, 5.41) is 3.20. The average molecular weight is 384 g/mol. The molecule has 0 aliphatic heterocycles. The number of hydrogen-bond acceptors (Lipinski definition) is 6. The number of ether oxygens (including phenoxy) is 1. The molecule has 0 atom stereocenters. The first kappa shape index (κ1) is 18.7. The highest BCUT2D eigenvalue weighted by molar-refractivity contribution is 7.92. The van der Waals surface area contributed by atoms with Crippen molar-refractivity contribution < 1.29 is 13.2 Å². The van der Waals surface area contributed by atoms with Gasteiger partial charge in [0.2, 0.25) is 0 Å². The summed E-state index contributed by atoms with van der Waals surface area (Å²) in [6.45, 7) is 0.969. The third-order valence-electron chi connectivity index (χ3n) is 3.82. The largest absolute Gasteiger partial charge is 0.492 e. The SMILES string of the molecule is CN(c1ccccn1)S(=O)(=O)c1cccc(OCCNc2ccncc2)c1. The number of aromatic nitrogens is 2. The maximum absolute atomic E-state index is 12.8. The van der Waals surface area contributed by atoms with E-state index in [1.54, 1.807) is 48.9 Å². The monoisotopic (exact) mass is 384 g/mol. The van der Waals surface area contributed by atoms with Crippen LogP contribution in [0.3, 0.4) is 0 Å². The fourth-order valence-corrected chi connectivity index (χ4v) is 3.57. The zero-order chi connectivity index (χ0) is 19.1. The van der Waals surface area contributed by atoms with Gasteiger partial charge in [-0.25, -0.2) is 13.4 Å². The molecule has 140 valence electrons. The molecule has 0 saturated heterocycles. The van der Waals surface area contributed by atoms with Gasteiger partial charge >= 0.3 is 0 Å². The molecule has 0 saturated carbocycles. The molecule has 0 amide bonds. The molecule has 8 heteroatoms. The van der Waals surface area contributed by atoms with Gasteiger partial charge in [0, 0.05) is 43.9 Å². The third-order valence-corrected chi connectivity index (χ3v) is 5.57. The molecule has 1 N–H and O–H groups in total. The van der Waals surface area contributed by atoms with Crippen LogP contribution in [-0.2, 0) is 10.0 Å². The Morgan fingerprint density at radius 1 is 1.04 bits per heavy atom. The van der Waals surface area contributed by atoms with Gasteiger partial charge in [0.1, 0.15) is 18.2 Å². The van der Waals surface area contributed by atoms with Crippen molar-refractivity contribution in [2.45, 2.75) is 4.90 Å². The molecule has 0 bridgehead atoms. The Kier molecular flexibility index (Phi) is 5.87. The second-order valence-electron chi connectivity index (χ2n) is 5.65. The number of nitrogens with zero attached hydrogens (tertiary/aromatic N) is 3. The highest BCUT2D eigenvalue weighted by atomic mass is 32.2. The summed E-state index contributed by atoms with van der Waals surface area (Å²) in [4.78, 5) is 8.19. The predicted molar refractivity (Wildman–Crippen MR) is 104 cm³/mol. The molecule has 0 aliphatic carbocycles. The summed E-state index contributed by atoms with van der Waals surface area (Å²) in [6.07, 6.45) is 4.96. The Labute approximate surface area is 158 Å². The van der Waals surface area contributed by atoms with Crippen molar-refractivity contribution in [3.8, 4) is 5.75 Å². The van der Waals surface area contributed by atoms with Crippen LogP contribution < -0.4 is 14.4 Å². The number of pyridine rings is 2. The van der Waals surface area contributed by atoms with Crippen molar-refractivity contribution in [1.82, 2.24) is 9.97 Å². The van der Waals surface area contributed by atoms with Gasteiger partial charge in [-0.05, 0) is 36.4 Å². The number of benzene rings is 1. The first-order valence-corrected chi connectivity index (χ1v) is 9.78. The maximum atomic E-state index is 12.8. The van der Waals surface area contributed by atoms with E-state index < -0.39 is 10.0 Å². The first-order valence-electron chi connectivity index (χ1n) is 8.34. The number of rotatable bonds is 8. The van der Waals surface area contributed by atoms with E-state index in [9.17, 15) is 8.42 Å². The van der Waals surface area contributed by atoms with Crippen LogP contribution in [0.1, 0.15) is 0 Å². The van der Waals surface area contributed by atoms with Crippen LogP contribution in [0.4, 0.5) is 11.5 Å². The Hall–Kier alpha value is -3.13. The van der Waals surface area contributed by atoms with Crippen molar-refractivity contribution in [2.24, 2.45) is 0 Å². The minimum Gasteiger partial charge on any atom is -0.492 e. The van der Waals surface area contributed by atoms with E-state index in [0.29, 0.717) is 24.7 Å². The van der Waals surface area contributed by atoms with Crippen LogP contribution in [0.25, 0.3) is 0 Å². The smallest absolute Gasteiger partial charge is 0.265 e. The maximum Gasteiger partial charge on any atom is 0.265 e. The van der Waals surface area contributed by atoms with Crippen molar-refractivity contribution in [3.63, 3.8) is 0 Å². The minimum absolute atomic E-state index is 0.148. The normalized spacial score (nSPS) is 11.0. The van der Waals surface area contributed by atoms with E-state index in [-0.39, 0.29) is 4.90 Å². The highest BCUT2D eigenvalue weighted by Gasteiger charge is 2.22. The summed E-state index contributed by atoms with van der Waals surface area (Å²) in [5.41, 5.74) is 0.946. The quantitative estimate of drug-likeness (QED) is 0.601. The number of anilines is 2. The molecule has 0 radical (unpaired) electrons. The molecule has 3 aromatic rings. The van der Waals surface area contributed by atoms with Crippen LogP contribution in [-0.4, -0.2) is 38.6 Å². The Morgan fingerprint density at radius 3 is 2.59 bits per heavy atom. The molecule has 2 aromatic heterocycles. The fourth-order valence-electron chi connectivity index (χ4n) is 2.38. The van der Waals surface area contributed by atoms with Crippen molar-refractivity contribution in [2.75, 3.05) is 29.8 Å². The summed E-state index contributed by atoms with van der Waals surface area (Å²) >= 11 is 0. The summed E-state index contributed by atoms with van der Waals surface area (Å²) in [5.74, 6) is 0.840. The lowest BCUT2D eigenvalue weighted by molar-refractivity contribution is 0.332. The van der Waals surface area contributed by atoms with E-state index in [4.69, 9.17) is 4.74 Å². The molecular formula is C19H20N4O3S. The van der Waals surface area contributed by atoms with E-state index in [1.165, 1.54) is 19.2 Å². The number of sulfonamides is 1. The zero-order valence-electron chi connectivity index (χ0n) is 14.8. The van der Waals surface area contributed by atoms with Gasteiger partial charge in [-0.3, -0.25) is 9.29 Å². The lowest BCUT2D eigenvalue weighted by Crippen LogP contribution is -2.27. The lowest BCUT2D eigenvalue weighted by Gasteiger charge is -2.18. The van der Waals surface area contributed by atoms with Gasteiger partial charge in [0.05, 0.1) is 4.90 Å². The molecule has 3 rings (SSSR count). The van der Waals surface area contributed by atoms with Crippen molar-refractivity contribution >= 4 is 21.5 Å². The fraction of sp³-hybridized carbons (Fsp3) is 0.158. The summed E-state index contributed by atoms with van der Waals surface area (Å²) in [6, 6.07) is 15.3. The van der Waals surface area contributed by atoms with Crippen LogP contribution in [0, 0.1) is 0 Å². The molecular weight excluding hydrogens is 364 g/mol. The Balaban J connectivity index is 1.64. The standard InChI is InChI=1S/C19H20N4O3S/c1-23(19-7-2-3-10-22-19)27(24,25)18-6-4-5-17(15-18)26-14-13-21-16-8-11-20-12-9-16/h2-12,15H,13-14H2,1H3,(H,20,21). The van der Waals surface area contributed by atoms with Gasteiger partial charge in [-0.15, -0.1) is 0 Å². The van der Waals surface area contributed by atoms with E-state index >= 15 is 0 Å². The zero-order valence-corrected chi connectivity index (χ0v) is 15.6. The minimum atomic E-state index is -3.72. The van der Waals surface area contributed by atoms with E-state index in [2.05, 4.69) is 15.3 Å². The van der Waals surface area contributed by atoms with Gasteiger partial charge in [0.25, 0.3) is 10.0 Å². The summed E-state index contributed by atoms with van der Waals surface area (Å²) < 4.78 is 32.4. The molecule has 0 aliphatic rings. The summed E-state index contributed by atoms with van der Waals surface area (Å²) in [7, 11) is -2.24. The molecule has 7 nitrogen and oxygen atoms in total. The van der Waals surface area contributed by atoms with Gasteiger partial charge in [-0.1, -0.05) is 12.1 Å². The van der Waals surface area contributed by atoms with Gasteiger partial charge < -0.3 is 10.1 Å². The lowest BCUT2D eigenvalue weighted by atomic mass is 10.3. The molecule has 0 spiro atoms. The molecule has 0 fully saturated rings. The Morgan fingerprint density at radius 2 is 1.85 bits per heavy atom. The van der Waals surface area contributed by atoms with E-state index in [1.807, 2.05) is 12.1 Å². The van der Waals surface area contributed by atoms with Crippen LogP contribution in [0.15, 0.2) is 78.1 Å². The van der Waals surface area contributed by atoms with Crippen molar-refractivity contribution in [3.05, 3.63) is 73.2 Å². The van der Waals surface area contributed by atoms with Crippen molar-refractivity contribution in [1.29, 1.82) is 0 Å².